The molecule has 3 aromatic rings. The number of hydrogen-bond donors (Lipinski definition) is 2. The lowest BCUT2D eigenvalue weighted by molar-refractivity contribution is 0.100. The minimum atomic E-state index is -3.70. The van der Waals surface area contributed by atoms with Crippen molar-refractivity contribution in [3.05, 3.63) is 89.0 Å². The van der Waals surface area contributed by atoms with Crippen LogP contribution in [0.1, 0.15) is 27.0 Å². The smallest absolute Gasteiger partial charge is 0.248 e. The lowest BCUT2D eigenvalue weighted by atomic mass is 9.97. The van der Waals surface area contributed by atoms with Crippen molar-refractivity contribution in [2.24, 2.45) is 5.73 Å². The van der Waals surface area contributed by atoms with Crippen molar-refractivity contribution in [2.75, 3.05) is 0 Å². The number of amides is 1. The number of hydrogen-bond acceptors (Lipinski definition) is 3. The molecule has 0 bridgehead atoms. The minimum Gasteiger partial charge on any atom is -0.366 e. The Morgan fingerprint density at radius 1 is 0.929 bits per heavy atom. The van der Waals surface area contributed by atoms with Gasteiger partial charge in [0.15, 0.2) is 0 Å². The van der Waals surface area contributed by atoms with E-state index in [1.54, 1.807) is 31.2 Å². The summed E-state index contributed by atoms with van der Waals surface area (Å²) in [7, 11) is -3.70. The van der Waals surface area contributed by atoms with E-state index < -0.39 is 15.9 Å². The molecule has 0 fully saturated rings. The highest BCUT2D eigenvalue weighted by Crippen LogP contribution is 2.29. The van der Waals surface area contributed by atoms with E-state index in [0.717, 1.165) is 22.3 Å². The molecule has 0 aliphatic rings. The SMILES string of the molecule is Cc1cc(C)c(S(=O)(=O)NCc2ccccc2)cc1-c1cccc(C(N)=O)c1. The van der Waals surface area contributed by atoms with Crippen molar-refractivity contribution in [3.8, 4) is 11.1 Å². The van der Waals surface area contributed by atoms with Crippen molar-refractivity contribution in [1.29, 1.82) is 0 Å². The fourth-order valence-electron chi connectivity index (χ4n) is 3.12. The van der Waals surface area contributed by atoms with Gasteiger partial charge in [-0.05, 0) is 59.9 Å². The second kappa shape index (κ2) is 7.96. The molecule has 0 radical (unpaired) electrons. The van der Waals surface area contributed by atoms with Crippen LogP contribution in [0.25, 0.3) is 11.1 Å². The molecule has 1 amide bonds. The van der Waals surface area contributed by atoms with Gasteiger partial charge < -0.3 is 5.73 Å². The summed E-state index contributed by atoms with van der Waals surface area (Å²) < 4.78 is 28.5. The first kappa shape index (κ1) is 19.8. The number of nitrogens with one attached hydrogen (secondary N) is 1. The molecule has 0 atom stereocenters. The van der Waals surface area contributed by atoms with E-state index in [9.17, 15) is 13.2 Å². The van der Waals surface area contributed by atoms with Crippen LogP contribution >= 0.6 is 0 Å². The van der Waals surface area contributed by atoms with Crippen LogP contribution in [-0.4, -0.2) is 14.3 Å². The standard InChI is InChI=1S/C22H22N2O3S/c1-15-11-16(2)21(28(26,27)24-14-17-7-4-3-5-8-17)13-20(15)18-9-6-10-19(12-18)22(23)25/h3-13,24H,14H2,1-2H3,(H2,23,25). The highest BCUT2D eigenvalue weighted by atomic mass is 32.2. The normalized spacial score (nSPS) is 11.4. The van der Waals surface area contributed by atoms with Gasteiger partial charge in [0.2, 0.25) is 15.9 Å². The van der Waals surface area contributed by atoms with Crippen LogP contribution in [-0.2, 0) is 16.6 Å². The Labute approximate surface area is 165 Å². The van der Waals surface area contributed by atoms with Gasteiger partial charge in [0.05, 0.1) is 4.90 Å². The highest BCUT2D eigenvalue weighted by molar-refractivity contribution is 7.89. The van der Waals surface area contributed by atoms with Gasteiger partial charge in [-0.25, -0.2) is 13.1 Å². The molecule has 0 heterocycles. The van der Waals surface area contributed by atoms with Crippen LogP contribution in [0, 0.1) is 13.8 Å². The van der Waals surface area contributed by atoms with Crippen LogP contribution in [0.3, 0.4) is 0 Å². The number of carbonyl (C=O) groups is 1. The molecule has 0 aromatic heterocycles. The van der Waals surface area contributed by atoms with Crippen LogP contribution < -0.4 is 10.5 Å². The van der Waals surface area contributed by atoms with Crippen LogP contribution in [0.4, 0.5) is 0 Å². The molecule has 6 heteroatoms. The predicted molar refractivity (Wildman–Crippen MR) is 110 cm³/mol. The molecule has 5 nitrogen and oxygen atoms in total. The molecule has 144 valence electrons. The van der Waals surface area contributed by atoms with Crippen LogP contribution in [0.5, 0.6) is 0 Å². The van der Waals surface area contributed by atoms with Gasteiger partial charge in [0.25, 0.3) is 0 Å². The lowest BCUT2D eigenvalue weighted by Gasteiger charge is -2.14. The van der Waals surface area contributed by atoms with Gasteiger partial charge in [0.1, 0.15) is 0 Å². The zero-order valence-electron chi connectivity index (χ0n) is 15.8. The Morgan fingerprint density at radius 2 is 1.64 bits per heavy atom. The molecule has 0 aliphatic carbocycles. The van der Waals surface area contributed by atoms with Gasteiger partial charge >= 0.3 is 0 Å². The second-order valence-corrected chi connectivity index (χ2v) is 8.42. The van der Waals surface area contributed by atoms with Gasteiger partial charge in [-0.1, -0.05) is 48.5 Å². The predicted octanol–water partition coefficient (Wildman–Crippen LogP) is 3.55. The second-order valence-electron chi connectivity index (χ2n) is 6.69. The lowest BCUT2D eigenvalue weighted by Crippen LogP contribution is -2.24. The van der Waals surface area contributed by atoms with Crippen molar-refractivity contribution >= 4 is 15.9 Å². The van der Waals surface area contributed by atoms with E-state index in [1.807, 2.05) is 49.4 Å². The summed E-state index contributed by atoms with van der Waals surface area (Å²) in [4.78, 5) is 11.7. The number of benzene rings is 3. The van der Waals surface area contributed by atoms with Crippen molar-refractivity contribution < 1.29 is 13.2 Å². The average molecular weight is 394 g/mol. The number of primary amides is 1. The first-order chi connectivity index (χ1) is 13.3. The van der Waals surface area contributed by atoms with Crippen LogP contribution in [0.15, 0.2) is 71.6 Å². The van der Waals surface area contributed by atoms with Crippen molar-refractivity contribution in [3.63, 3.8) is 0 Å². The molecule has 28 heavy (non-hydrogen) atoms. The molecule has 0 saturated carbocycles. The van der Waals surface area contributed by atoms with E-state index in [0.29, 0.717) is 11.1 Å². The van der Waals surface area contributed by atoms with E-state index in [-0.39, 0.29) is 11.4 Å². The summed E-state index contributed by atoms with van der Waals surface area (Å²) >= 11 is 0. The summed E-state index contributed by atoms with van der Waals surface area (Å²) in [5, 5.41) is 0. The van der Waals surface area contributed by atoms with Crippen molar-refractivity contribution in [1.82, 2.24) is 4.72 Å². The minimum absolute atomic E-state index is 0.211. The Kier molecular flexibility index (Phi) is 5.63. The average Bonchev–Trinajstić information content (AvgIpc) is 2.67. The third-order valence-electron chi connectivity index (χ3n) is 4.58. The number of sulfonamides is 1. The molecule has 0 saturated heterocycles. The monoisotopic (exact) mass is 394 g/mol. The van der Waals surface area contributed by atoms with E-state index in [4.69, 9.17) is 5.73 Å². The number of nitrogens with two attached hydrogens (primary N) is 1. The molecule has 3 N–H and O–H groups in total. The Hall–Kier alpha value is -2.96. The summed E-state index contributed by atoms with van der Waals surface area (Å²) in [6, 6.07) is 19.7. The van der Waals surface area contributed by atoms with E-state index in [2.05, 4.69) is 4.72 Å². The molecule has 0 unspecified atom stereocenters. The number of rotatable bonds is 6. The maximum atomic E-state index is 12.9. The highest BCUT2D eigenvalue weighted by Gasteiger charge is 2.19. The fraction of sp³-hybridized carbons (Fsp3) is 0.136. The summed E-state index contributed by atoms with van der Waals surface area (Å²) in [5.41, 5.74) is 9.70. The third-order valence-corrected chi connectivity index (χ3v) is 6.12. The summed E-state index contributed by atoms with van der Waals surface area (Å²) in [6.45, 7) is 3.89. The molecule has 3 rings (SSSR count). The largest absolute Gasteiger partial charge is 0.366 e. The van der Waals surface area contributed by atoms with Gasteiger partial charge in [-0.15, -0.1) is 0 Å². The first-order valence-electron chi connectivity index (χ1n) is 8.83. The van der Waals surface area contributed by atoms with Crippen LogP contribution in [0.2, 0.25) is 0 Å². The van der Waals surface area contributed by atoms with Crippen molar-refractivity contribution in [2.45, 2.75) is 25.3 Å². The molecular weight excluding hydrogens is 372 g/mol. The fourth-order valence-corrected chi connectivity index (χ4v) is 4.39. The zero-order valence-corrected chi connectivity index (χ0v) is 16.6. The quantitative estimate of drug-likeness (QED) is 0.670. The summed E-state index contributed by atoms with van der Waals surface area (Å²) in [5.74, 6) is -0.524. The summed E-state index contributed by atoms with van der Waals surface area (Å²) in [6.07, 6.45) is 0. The van der Waals surface area contributed by atoms with Gasteiger partial charge in [-0.2, -0.15) is 0 Å². The Balaban J connectivity index is 1.99. The maximum Gasteiger partial charge on any atom is 0.248 e. The Morgan fingerprint density at radius 3 is 2.32 bits per heavy atom. The maximum absolute atomic E-state index is 12.9. The molecule has 3 aromatic carbocycles. The number of aryl methyl sites for hydroxylation is 2. The van der Waals surface area contributed by atoms with Gasteiger partial charge in [0, 0.05) is 12.1 Å². The zero-order chi connectivity index (χ0) is 20.3. The Bertz CT molecular complexity index is 1120. The molecule has 0 aliphatic heterocycles. The molecular formula is C22H22N2O3S. The third kappa shape index (κ3) is 4.30. The number of carbonyl (C=O) groups excluding carboxylic acids is 1. The first-order valence-corrected chi connectivity index (χ1v) is 10.3. The van der Waals surface area contributed by atoms with E-state index in [1.165, 1.54) is 0 Å². The van der Waals surface area contributed by atoms with E-state index >= 15 is 0 Å². The van der Waals surface area contributed by atoms with Gasteiger partial charge in [-0.3, -0.25) is 4.79 Å². The molecule has 0 spiro atoms. The topological polar surface area (TPSA) is 89.3 Å².